The highest BCUT2D eigenvalue weighted by molar-refractivity contribution is 5.95. The molecule has 0 aliphatic heterocycles. The Kier molecular flexibility index (Phi) is 5.83. The third kappa shape index (κ3) is 5.56. The Morgan fingerprint density at radius 1 is 1.26 bits per heavy atom. The first-order chi connectivity index (χ1) is 12.6. The van der Waals surface area contributed by atoms with Crippen LogP contribution in [0.25, 0.3) is 0 Å². The highest BCUT2D eigenvalue weighted by Crippen LogP contribution is 2.30. The van der Waals surface area contributed by atoms with Crippen molar-refractivity contribution in [3.05, 3.63) is 62.9 Å². The Labute approximate surface area is 149 Å². The lowest BCUT2D eigenvalue weighted by atomic mass is 10.2. The molecule has 1 aromatic carbocycles. The Balaban J connectivity index is 1.98. The number of aromatic nitrogens is 2. The van der Waals surface area contributed by atoms with E-state index < -0.39 is 47.5 Å². The number of nitrogens with one attached hydrogen (secondary N) is 2. The van der Waals surface area contributed by atoms with E-state index in [2.05, 4.69) is 5.32 Å². The van der Waals surface area contributed by atoms with Crippen molar-refractivity contribution in [2.45, 2.75) is 25.7 Å². The highest BCUT2D eigenvalue weighted by atomic mass is 19.4. The van der Waals surface area contributed by atoms with Crippen LogP contribution < -0.4 is 16.6 Å². The van der Waals surface area contributed by atoms with Crippen molar-refractivity contribution < 1.29 is 27.5 Å². The molecule has 1 heterocycles. The number of aromatic amines is 1. The molecule has 2 rings (SSSR count). The molecule has 0 saturated heterocycles. The molecule has 11 heteroatoms. The maximum absolute atomic E-state index is 12.7. The molecule has 2 N–H and O–H groups in total. The molecule has 0 saturated carbocycles. The predicted octanol–water partition coefficient (Wildman–Crippen LogP) is 1.13. The molecule has 0 aliphatic carbocycles. The van der Waals surface area contributed by atoms with Gasteiger partial charge in [-0.2, -0.15) is 13.2 Å². The number of rotatable bonds is 5. The molecule has 144 valence electrons. The van der Waals surface area contributed by atoms with Crippen LogP contribution in [0.15, 0.2) is 46.1 Å². The van der Waals surface area contributed by atoms with E-state index in [0.717, 1.165) is 35.0 Å². The zero-order valence-electron chi connectivity index (χ0n) is 13.9. The zero-order chi connectivity index (χ0) is 20.2. The van der Waals surface area contributed by atoms with Crippen molar-refractivity contribution in [1.29, 1.82) is 0 Å². The van der Waals surface area contributed by atoms with Gasteiger partial charge in [-0.05, 0) is 25.1 Å². The lowest BCUT2D eigenvalue weighted by Crippen LogP contribution is -2.35. The van der Waals surface area contributed by atoms with Gasteiger partial charge in [0.05, 0.1) is 5.56 Å². The van der Waals surface area contributed by atoms with E-state index >= 15 is 0 Å². The van der Waals surface area contributed by atoms with E-state index in [-0.39, 0.29) is 5.69 Å². The van der Waals surface area contributed by atoms with Crippen molar-refractivity contribution in [2.24, 2.45) is 0 Å². The number of anilines is 1. The van der Waals surface area contributed by atoms with Crippen LogP contribution >= 0.6 is 0 Å². The Bertz CT molecular complexity index is 965. The lowest BCUT2D eigenvalue weighted by Gasteiger charge is -2.15. The molecule has 0 spiro atoms. The van der Waals surface area contributed by atoms with Gasteiger partial charge >= 0.3 is 17.8 Å². The van der Waals surface area contributed by atoms with Crippen LogP contribution in [-0.4, -0.2) is 27.5 Å². The van der Waals surface area contributed by atoms with Gasteiger partial charge < -0.3 is 10.1 Å². The standard InChI is InChI=1S/C16H14F3N3O5/c1-9(27-13(24)8-22-6-5-12(23)21-15(22)26)14(25)20-11-4-2-3-10(7-11)16(17,18)19/h2-7,9H,8H2,1H3,(H,20,25)(H,21,23,26)/t9-/m0/s1. The van der Waals surface area contributed by atoms with E-state index in [1.54, 1.807) is 0 Å². The van der Waals surface area contributed by atoms with Gasteiger partial charge in [-0.1, -0.05) is 6.07 Å². The quantitative estimate of drug-likeness (QED) is 0.750. The van der Waals surface area contributed by atoms with Crippen LogP contribution in [0, 0.1) is 0 Å². The summed E-state index contributed by atoms with van der Waals surface area (Å²) in [6.07, 6.45) is -4.82. The summed E-state index contributed by atoms with van der Waals surface area (Å²) < 4.78 is 43.7. The molecule has 0 radical (unpaired) electrons. The van der Waals surface area contributed by atoms with Gasteiger partial charge in [0.2, 0.25) is 0 Å². The first-order valence-corrected chi connectivity index (χ1v) is 7.53. The number of hydrogen-bond acceptors (Lipinski definition) is 5. The average Bonchev–Trinajstić information content (AvgIpc) is 2.57. The first kappa shape index (κ1) is 19.9. The predicted molar refractivity (Wildman–Crippen MR) is 87.0 cm³/mol. The van der Waals surface area contributed by atoms with Gasteiger partial charge in [0.25, 0.3) is 11.5 Å². The van der Waals surface area contributed by atoms with Crippen molar-refractivity contribution in [1.82, 2.24) is 9.55 Å². The van der Waals surface area contributed by atoms with E-state index in [4.69, 9.17) is 4.74 Å². The van der Waals surface area contributed by atoms with Crippen LogP contribution in [0.4, 0.5) is 18.9 Å². The van der Waals surface area contributed by atoms with Gasteiger partial charge in [-0.3, -0.25) is 23.9 Å². The number of hydrogen-bond donors (Lipinski definition) is 2. The third-order valence-corrected chi connectivity index (χ3v) is 3.33. The molecule has 1 amide bonds. The van der Waals surface area contributed by atoms with E-state index in [1.165, 1.54) is 13.0 Å². The van der Waals surface area contributed by atoms with Crippen molar-refractivity contribution in [3.8, 4) is 0 Å². The number of carbonyl (C=O) groups excluding carboxylic acids is 2. The number of carbonyl (C=O) groups is 2. The lowest BCUT2D eigenvalue weighted by molar-refractivity contribution is -0.153. The normalized spacial score (nSPS) is 12.3. The number of nitrogens with zero attached hydrogens (tertiary/aromatic N) is 1. The summed E-state index contributed by atoms with van der Waals surface area (Å²) in [4.78, 5) is 48.2. The molecule has 0 fully saturated rings. The molecule has 1 atom stereocenters. The number of ether oxygens (including phenoxy) is 1. The topological polar surface area (TPSA) is 110 Å². The molecular weight excluding hydrogens is 371 g/mol. The fourth-order valence-corrected chi connectivity index (χ4v) is 2.01. The maximum Gasteiger partial charge on any atom is 0.416 e. The number of esters is 1. The number of H-pyrrole nitrogens is 1. The molecule has 8 nitrogen and oxygen atoms in total. The van der Waals surface area contributed by atoms with Gasteiger partial charge in [0, 0.05) is 18.0 Å². The van der Waals surface area contributed by atoms with Gasteiger partial charge in [0.1, 0.15) is 6.54 Å². The molecule has 0 unspecified atom stereocenters. The maximum atomic E-state index is 12.7. The second-order valence-electron chi connectivity index (χ2n) is 5.44. The van der Waals surface area contributed by atoms with Crippen LogP contribution in [-0.2, 0) is 27.0 Å². The number of amides is 1. The summed E-state index contributed by atoms with van der Waals surface area (Å²) in [6, 6.07) is 4.99. The minimum atomic E-state index is -4.57. The van der Waals surface area contributed by atoms with Crippen molar-refractivity contribution >= 4 is 17.6 Å². The molecule has 2 aromatic rings. The second-order valence-corrected chi connectivity index (χ2v) is 5.44. The summed E-state index contributed by atoms with van der Waals surface area (Å²) in [7, 11) is 0. The third-order valence-electron chi connectivity index (χ3n) is 3.33. The minimum absolute atomic E-state index is 0.116. The van der Waals surface area contributed by atoms with Gasteiger partial charge in [-0.15, -0.1) is 0 Å². The largest absolute Gasteiger partial charge is 0.451 e. The Hall–Kier alpha value is -3.37. The van der Waals surface area contributed by atoms with E-state index in [0.29, 0.717) is 0 Å². The van der Waals surface area contributed by atoms with Crippen molar-refractivity contribution in [2.75, 3.05) is 5.32 Å². The summed E-state index contributed by atoms with van der Waals surface area (Å²) in [5.41, 5.74) is -2.53. The number of benzene rings is 1. The van der Waals surface area contributed by atoms with Gasteiger partial charge in [0.15, 0.2) is 6.10 Å². The van der Waals surface area contributed by atoms with Crippen LogP contribution in [0.2, 0.25) is 0 Å². The number of alkyl halides is 3. The molecule has 1 aromatic heterocycles. The average molecular weight is 385 g/mol. The number of halogens is 3. The van der Waals surface area contributed by atoms with Crippen LogP contribution in [0.5, 0.6) is 0 Å². The monoisotopic (exact) mass is 385 g/mol. The van der Waals surface area contributed by atoms with Crippen molar-refractivity contribution in [3.63, 3.8) is 0 Å². The Morgan fingerprint density at radius 3 is 2.59 bits per heavy atom. The fraction of sp³-hybridized carbons (Fsp3) is 0.250. The molecular formula is C16H14F3N3O5. The molecule has 0 aliphatic rings. The van der Waals surface area contributed by atoms with E-state index in [1.807, 2.05) is 4.98 Å². The molecule has 0 bridgehead atoms. The highest BCUT2D eigenvalue weighted by Gasteiger charge is 2.30. The minimum Gasteiger partial charge on any atom is -0.451 e. The molecule has 27 heavy (non-hydrogen) atoms. The zero-order valence-corrected chi connectivity index (χ0v) is 13.9. The SMILES string of the molecule is C[C@H](OC(=O)Cn1ccc(=O)[nH]c1=O)C(=O)Nc1cccc(C(F)(F)F)c1. The first-order valence-electron chi connectivity index (χ1n) is 7.53. The summed E-state index contributed by atoms with van der Waals surface area (Å²) in [5.74, 6) is -1.80. The smallest absolute Gasteiger partial charge is 0.416 e. The van der Waals surface area contributed by atoms with Crippen LogP contribution in [0.1, 0.15) is 12.5 Å². The summed E-state index contributed by atoms with van der Waals surface area (Å²) in [6.45, 7) is 0.660. The van der Waals surface area contributed by atoms with Gasteiger partial charge in [-0.25, -0.2) is 4.79 Å². The van der Waals surface area contributed by atoms with E-state index in [9.17, 15) is 32.3 Å². The Morgan fingerprint density at radius 2 is 1.96 bits per heavy atom. The second kappa shape index (κ2) is 7.89. The fourth-order valence-electron chi connectivity index (χ4n) is 2.01. The van der Waals surface area contributed by atoms with Crippen LogP contribution in [0.3, 0.4) is 0 Å². The summed E-state index contributed by atoms with van der Waals surface area (Å²) in [5, 5.41) is 2.21. The summed E-state index contributed by atoms with van der Waals surface area (Å²) >= 11 is 0.